The summed E-state index contributed by atoms with van der Waals surface area (Å²) in [6, 6.07) is 7.62. The molecule has 3 nitrogen and oxygen atoms in total. The van der Waals surface area contributed by atoms with E-state index in [-0.39, 0.29) is 0 Å². The maximum Gasteiger partial charge on any atom is 0.189 e. The van der Waals surface area contributed by atoms with Crippen molar-refractivity contribution in [1.82, 2.24) is 0 Å². The Morgan fingerprint density at radius 1 is 1.44 bits per heavy atom. The molecule has 1 aliphatic heterocycles. The molecule has 0 amide bonds. The fraction of sp³-hybridized carbons (Fsp3) is 0.385. The first-order valence-corrected chi connectivity index (χ1v) is 5.63. The van der Waals surface area contributed by atoms with E-state index in [0.717, 1.165) is 36.8 Å². The zero-order valence-electron chi connectivity index (χ0n) is 9.35. The molecule has 16 heavy (non-hydrogen) atoms. The molecule has 0 bridgehead atoms. The van der Waals surface area contributed by atoms with Gasteiger partial charge in [-0.3, -0.25) is 4.79 Å². The molecule has 2 rings (SSSR count). The van der Waals surface area contributed by atoms with E-state index in [9.17, 15) is 4.79 Å². The van der Waals surface area contributed by atoms with Crippen LogP contribution in [0, 0.1) is 0 Å². The van der Waals surface area contributed by atoms with E-state index in [1.165, 1.54) is 0 Å². The van der Waals surface area contributed by atoms with Gasteiger partial charge in [-0.05, 0) is 12.5 Å². The Morgan fingerprint density at radius 2 is 2.25 bits per heavy atom. The van der Waals surface area contributed by atoms with Crippen LogP contribution in [-0.2, 0) is 9.53 Å². The number of unbranched alkanes of at least 4 members (excludes halogenated alkanes) is 1. The molecule has 0 radical (unpaired) electrons. The second-order valence-electron chi connectivity index (χ2n) is 3.84. The Morgan fingerprint density at radius 3 is 3.00 bits per heavy atom. The van der Waals surface area contributed by atoms with Crippen LogP contribution in [0.25, 0.3) is 0 Å². The second-order valence-corrected chi connectivity index (χ2v) is 3.84. The van der Waals surface area contributed by atoms with Crippen LogP contribution in [0.3, 0.4) is 0 Å². The monoisotopic (exact) mass is 217 g/mol. The maximum atomic E-state index is 11.0. The van der Waals surface area contributed by atoms with Gasteiger partial charge in [-0.25, -0.2) is 4.99 Å². The Bertz CT molecular complexity index is 412. The van der Waals surface area contributed by atoms with Crippen molar-refractivity contribution in [2.24, 2.45) is 4.99 Å². The molecular weight excluding hydrogens is 202 g/mol. The third-order valence-electron chi connectivity index (χ3n) is 2.62. The van der Waals surface area contributed by atoms with Crippen LogP contribution in [0.2, 0.25) is 0 Å². The first-order valence-electron chi connectivity index (χ1n) is 5.63. The van der Waals surface area contributed by atoms with E-state index in [4.69, 9.17) is 4.74 Å². The van der Waals surface area contributed by atoms with Crippen LogP contribution in [0.15, 0.2) is 29.3 Å². The summed E-state index contributed by atoms with van der Waals surface area (Å²) in [7, 11) is 0. The van der Waals surface area contributed by atoms with Gasteiger partial charge in [0.05, 0.1) is 5.69 Å². The lowest BCUT2D eigenvalue weighted by molar-refractivity contribution is -0.114. The van der Waals surface area contributed by atoms with Crippen molar-refractivity contribution in [3.63, 3.8) is 0 Å². The number of carbonyl (C=O) groups excluding carboxylic acids is 1. The first-order chi connectivity index (χ1) is 7.85. The fourth-order valence-corrected chi connectivity index (χ4v) is 1.74. The molecule has 0 saturated heterocycles. The van der Waals surface area contributed by atoms with Crippen LogP contribution in [0.5, 0.6) is 0 Å². The van der Waals surface area contributed by atoms with Gasteiger partial charge in [0, 0.05) is 12.0 Å². The summed E-state index contributed by atoms with van der Waals surface area (Å²) in [5.41, 5.74) is 1.72. The molecule has 84 valence electrons. The van der Waals surface area contributed by atoms with Crippen molar-refractivity contribution in [2.75, 3.05) is 0 Å². The van der Waals surface area contributed by atoms with Crippen LogP contribution in [0.1, 0.15) is 37.9 Å². The van der Waals surface area contributed by atoms with E-state index in [2.05, 4.69) is 11.9 Å². The molecule has 3 heteroatoms. The summed E-state index contributed by atoms with van der Waals surface area (Å²) >= 11 is 0. The minimum atomic E-state index is -0.486. The molecule has 1 heterocycles. The fourth-order valence-electron chi connectivity index (χ4n) is 1.74. The largest absolute Gasteiger partial charge is 0.465 e. The molecule has 1 aliphatic rings. The van der Waals surface area contributed by atoms with Crippen molar-refractivity contribution in [3.8, 4) is 0 Å². The molecule has 0 spiro atoms. The van der Waals surface area contributed by atoms with E-state index in [0.29, 0.717) is 5.90 Å². The number of aliphatic imine (C=N–C) groups is 1. The van der Waals surface area contributed by atoms with Gasteiger partial charge in [0.25, 0.3) is 0 Å². The smallest absolute Gasteiger partial charge is 0.189 e. The quantitative estimate of drug-likeness (QED) is 0.726. The Labute approximate surface area is 95.2 Å². The van der Waals surface area contributed by atoms with Gasteiger partial charge < -0.3 is 4.74 Å². The molecule has 1 aromatic rings. The molecule has 1 aromatic carbocycles. The van der Waals surface area contributed by atoms with Gasteiger partial charge in [0.2, 0.25) is 0 Å². The number of carbonyl (C=O) groups is 1. The molecule has 0 aliphatic carbocycles. The van der Waals surface area contributed by atoms with Gasteiger partial charge in [0.15, 0.2) is 18.3 Å². The predicted octanol–water partition coefficient (Wildman–Crippen LogP) is 3.18. The molecule has 1 unspecified atom stereocenters. The Balaban J connectivity index is 2.27. The number of benzene rings is 1. The Kier molecular flexibility index (Phi) is 3.34. The minimum absolute atomic E-state index is 0.486. The van der Waals surface area contributed by atoms with Gasteiger partial charge in [-0.15, -0.1) is 0 Å². The number of aldehydes is 1. The van der Waals surface area contributed by atoms with Gasteiger partial charge >= 0.3 is 0 Å². The summed E-state index contributed by atoms with van der Waals surface area (Å²) in [4.78, 5) is 15.4. The van der Waals surface area contributed by atoms with Crippen molar-refractivity contribution in [1.29, 1.82) is 0 Å². The number of ether oxygens (including phenoxy) is 1. The van der Waals surface area contributed by atoms with Gasteiger partial charge in [0.1, 0.15) is 0 Å². The summed E-state index contributed by atoms with van der Waals surface area (Å²) < 4.78 is 5.55. The van der Waals surface area contributed by atoms with E-state index in [1.54, 1.807) is 0 Å². The lowest BCUT2D eigenvalue weighted by atomic mass is 10.1. The second kappa shape index (κ2) is 4.92. The average molecular weight is 217 g/mol. The van der Waals surface area contributed by atoms with Crippen molar-refractivity contribution in [3.05, 3.63) is 29.8 Å². The molecule has 0 aromatic heterocycles. The van der Waals surface area contributed by atoms with Crippen molar-refractivity contribution >= 4 is 17.9 Å². The average Bonchev–Trinajstić information content (AvgIpc) is 2.35. The van der Waals surface area contributed by atoms with E-state index >= 15 is 0 Å². The number of hydrogen-bond donors (Lipinski definition) is 0. The van der Waals surface area contributed by atoms with E-state index in [1.807, 2.05) is 24.3 Å². The highest BCUT2D eigenvalue weighted by atomic mass is 16.5. The molecule has 0 N–H and O–H groups in total. The highest BCUT2D eigenvalue weighted by Gasteiger charge is 2.22. The van der Waals surface area contributed by atoms with Crippen LogP contribution in [-0.4, -0.2) is 12.2 Å². The number of hydrogen-bond acceptors (Lipinski definition) is 3. The third-order valence-corrected chi connectivity index (χ3v) is 2.62. The molecule has 1 atom stereocenters. The van der Waals surface area contributed by atoms with Crippen molar-refractivity contribution in [2.45, 2.75) is 32.3 Å². The standard InChI is InChI=1S/C13H15NO2/c1-2-3-8-13-14-11-7-5-4-6-10(11)12(9-15)16-13/h4-7,9,12H,2-3,8H2,1H3. The lowest BCUT2D eigenvalue weighted by Gasteiger charge is -2.21. The third kappa shape index (κ3) is 2.13. The summed E-state index contributed by atoms with van der Waals surface area (Å²) in [5, 5.41) is 0. The summed E-state index contributed by atoms with van der Waals surface area (Å²) in [6.07, 6.45) is 3.28. The molecule has 0 saturated carbocycles. The summed E-state index contributed by atoms with van der Waals surface area (Å²) in [6.45, 7) is 2.12. The van der Waals surface area contributed by atoms with Gasteiger partial charge in [-0.2, -0.15) is 0 Å². The zero-order valence-corrected chi connectivity index (χ0v) is 9.35. The highest BCUT2D eigenvalue weighted by Crippen LogP contribution is 2.32. The van der Waals surface area contributed by atoms with Gasteiger partial charge in [-0.1, -0.05) is 31.5 Å². The Hall–Kier alpha value is -1.64. The highest BCUT2D eigenvalue weighted by molar-refractivity contribution is 5.85. The SMILES string of the molecule is CCCCC1=Nc2ccccc2C(C=O)O1. The maximum absolute atomic E-state index is 11.0. The number of nitrogens with zero attached hydrogens (tertiary/aromatic N) is 1. The van der Waals surface area contributed by atoms with Crippen molar-refractivity contribution < 1.29 is 9.53 Å². The lowest BCUT2D eigenvalue weighted by Crippen LogP contribution is -2.16. The van der Waals surface area contributed by atoms with Crippen LogP contribution >= 0.6 is 0 Å². The summed E-state index contributed by atoms with van der Waals surface area (Å²) in [5.74, 6) is 0.678. The van der Waals surface area contributed by atoms with E-state index < -0.39 is 6.10 Å². The number of fused-ring (bicyclic) bond motifs is 1. The number of para-hydroxylation sites is 1. The molecular formula is C13H15NO2. The topological polar surface area (TPSA) is 38.7 Å². The normalized spacial score (nSPS) is 18.3. The minimum Gasteiger partial charge on any atom is -0.465 e. The molecule has 0 fully saturated rings. The number of rotatable bonds is 4. The van der Waals surface area contributed by atoms with Crippen LogP contribution < -0.4 is 0 Å². The zero-order chi connectivity index (χ0) is 11.4. The first kappa shape index (κ1) is 10.9. The van der Waals surface area contributed by atoms with Crippen LogP contribution in [0.4, 0.5) is 5.69 Å². The predicted molar refractivity (Wildman–Crippen MR) is 63.0 cm³/mol.